The third-order valence-electron chi connectivity index (χ3n) is 2.75. The Balaban J connectivity index is 1.77. The van der Waals surface area contributed by atoms with E-state index in [9.17, 15) is 0 Å². The molecule has 0 bridgehead atoms. The molecule has 78 valence electrons. The molecular weight excluding hydrogens is 176 g/mol. The Kier molecular flexibility index (Phi) is 2.89. The lowest BCUT2D eigenvalue weighted by Crippen LogP contribution is -2.30. The third kappa shape index (κ3) is 2.36. The Labute approximate surface area is 85.1 Å². The number of likely N-dealkylation sites (N-methyl/N-ethyl adjacent to an activating group) is 1. The highest BCUT2D eigenvalue weighted by Crippen LogP contribution is 2.09. The number of hydrogen-bond donors (Lipinski definition) is 1. The van der Waals surface area contributed by atoms with Crippen molar-refractivity contribution in [2.45, 2.75) is 25.9 Å². The van der Waals surface area contributed by atoms with Crippen molar-refractivity contribution in [1.82, 2.24) is 10.2 Å². The van der Waals surface area contributed by atoms with Gasteiger partial charge in [-0.25, -0.2) is 0 Å². The zero-order chi connectivity index (χ0) is 9.97. The molecule has 3 heteroatoms. The molecule has 2 heterocycles. The lowest BCUT2D eigenvalue weighted by molar-refractivity contribution is 0.388. The van der Waals surface area contributed by atoms with Gasteiger partial charge in [0.05, 0.1) is 6.54 Å². The third-order valence-corrected chi connectivity index (χ3v) is 2.75. The second-order valence-corrected chi connectivity index (χ2v) is 4.14. The maximum absolute atomic E-state index is 5.49. The predicted octanol–water partition coefficient (Wildman–Crippen LogP) is 1.38. The predicted molar refractivity (Wildman–Crippen MR) is 56.2 cm³/mol. The summed E-state index contributed by atoms with van der Waals surface area (Å²) in [7, 11) is 2.17. The summed E-state index contributed by atoms with van der Waals surface area (Å²) in [6, 6.07) is 4.68. The molecule has 0 radical (unpaired) electrons. The zero-order valence-corrected chi connectivity index (χ0v) is 8.92. The van der Waals surface area contributed by atoms with E-state index in [0.717, 1.165) is 24.6 Å². The molecule has 1 aromatic rings. The van der Waals surface area contributed by atoms with Crippen molar-refractivity contribution in [2.75, 3.05) is 20.1 Å². The first-order valence-electron chi connectivity index (χ1n) is 5.21. The molecule has 1 aromatic heterocycles. The van der Waals surface area contributed by atoms with E-state index in [0.29, 0.717) is 6.04 Å². The lowest BCUT2D eigenvalue weighted by Gasteiger charge is -2.11. The minimum Gasteiger partial charge on any atom is -0.465 e. The van der Waals surface area contributed by atoms with E-state index in [1.165, 1.54) is 13.0 Å². The fourth-order valence-corrected chi connectivity index (χ4v) is 1.93. The molecular formula is C11H18N2O. The number of furan rings is 1. The molecule has 0 spiro atoms. The van der Waals surface area contributed by atoms with Crippen LogP contribution in [-0.4, -0.2) is 31.1 Å². The summed E-state index contributed by atoms with van der Waals surface area (Å²) in [5, 5.41) is 3.51. The number of nitrogens with one attached hydrogen (secondary N) is 1. The van der Waals surface area contributed by atoms with Crippen LogP contribution in [0.3, 0.4) is 0 Å². The standard InChI is InChI=1S/C11H18N2O/c1-9-3-4-11(14-9)7-12-10-5-6-13(2)8-10/h3-4,10,12H,5-8H2,1-2H3/t10-/m1/s1. The molecule has 0 amide bonds. The summed E-state index contributed by atoms with van der Waals surface area (Å²) >= 11 is 0. The van der Waals surface area contributed by atoms with Crippen molar-refractivity contribution in [1.29, 1.82) is 0 Å². The van der Waals surface area contributed by atoms with Crippen molar-refractivity contribution in [3.8, 4) is 0 Å². The SMILES string of the molecule is Cc1ccc(CN[C@@H]2CCN(C)C2)o1. The topological polar surface area (TPSA) is 28.4 Å². The lowest BCUT2D eigenvalue weighted by atomic mass is 10.2. The fraction of sp³-hybridized carbons (Fsp3) is 0.636. The van der Waals surface area contributed by atoms with Crippen LogP contribution < -0.4 is 5.32 Å². The maximum atomic E-state index is 5.49. The molecule has 1 atom stereocenters. The Morgan fingerprint density at radius 1 is 1.57 bits per heavy atom. The van der Waals surface area contributed by atoms with Crippen LogP contribution in [0.1, 0.15) is 17.9 Å². The monoisotopic (exact) mass is 194 g/mol. The summed E-state index contributed by atoms with van der Waals surface area (Å²) in [5.74, 6) is 2.03. The van der Waals surface area contributed by atoms with Crippen LogP contribution in [0.5, 0.6) is 0 Å². The van der Waals surface area contributed by atoms with Crippen LogP contribution in [0, 0.1) is 6.92 Å². The number of hydrogen-bond acceptors (Lipinski definition) is 3. The summed E-state index contributed by atoms with van der Waals surface area (Å²) < 4.78 is 5.49. The Morgan fingerprint density at radius 2 is 2.43 bits per heavy atom. The van der Waals surface area contributed by atoms with Gasteiger partial charge in [0.15, 0.2) is 0 Å². The Bertz CT molecular complexity index is 295. The molecule has 0 unspecified atom stereocenters. The minimum absolute atomic E-state index is 0.630. The second kappa shape index (κ2) is 4.15. The van der Waals surface area contributed by atoms with Crippen LogP contribution in [-0.2, 0) is 6.54 Å². The molecule has 0 aromatic carbocycles. The average Bonchev–Trinajstić information content (AvgIpc) is 2.72. The summed E-state index contributed by atoms with van der Waals surface area (Å²) in [6.07, 6.45) is 1.25. The fourth-order valence-electron chi connectivity index (χ4n) is 1.93. The molecule has 1 aliphatic rings. The van der Waals surface area contributed by atoms with Gasteiger partial charge in [-0.05, 0) is 39.1 Å². The Hall–Kier alpha value is -0.800. The Morgan fingerprint density at radius 3 is 3.00 bits per heavy atom. The number of nitrogens with zero attached hydrogens (tertiary/aromatic N) is 1. The molecule has 1 fully saturated rings. The van der Waals surface area contributed by atoms with Crippen LogP contribution in [0.2, 0.25) is 0 Å². The summed E-state index contributed by atoms with van der Waals surface area (Å²) in [6.45, 7) is 5.19. The zero-order valence-electron chi connectivity index (χ0n) is 8.92. The van der Waals surface area contributed by atoms with Crippen LogP contribution in [0.15, 0.2) is 16.5 Å². The van der Waals surface area contributed by atoms with Gasteiger partial charge in [-0.1, -0.05) is 0 Å². The van der Waals surface area contributed by atoms with E-state index >= 15 is 0 Å². The maximum Gasteiger partial charge on any atom is 0.117 e. The van der Waals surface area contributed by atoms with Gasteiger partial charge in [0.25, 0.3) is 0 Å². The van der Waals surface area contributed by atoms with Gasteiger partial charge >= 0.3 is 0 Å². The van der Waals surface area contributed by atoms with Gasteiger partial charge in [0.2, 0.25) is 0 Å². The van der Waals surface area contributed by atoms with Gasteiger partial charge in [0, 0.05) is 12.6 Å². The highest BCUT2D eigenvalue weighted by atomic mass is 16.3. The molecule has 1 saturated heterocycles. The first kappa shape index (κ1) is 9.74. The van der Waals surface area contributed by atoms with Crippen LogP contribution in [0.4, 0.5) is 0 Å². The number of aryl methyl sites for hydroxylation is 1. The van der Waals surface area contributed by atoms with Gasteiger partial charge < -0.3 is 14.6 Å². The molecule has 0 aliphatic carbocycles. The van der Waals surface area contributed by atoms with Crippen molar-refractivity contribution in [3.63, 3.8) is 0 Å². The van der Waals surface area contributed by atoms with Gasteiger partial charge in [-0.15, -0.1) is 0 Å². The number of likely N-dealkylation sites (tertiary alicyclic amines) is 1. The molecule has 14 heavy (non-hydrogen) atoms. The van der Waals surface area contributed by atoms with E-state index in [-0.39, 0.29) is 0 Å². The molecule has 2 rings (SSSR count). The largest absolute Gasteiger partial charge is 0.465 e. The molecule has 1 aliphatic heterocycles. The first-order valence-corrected chi connectivity index (χ1v) is 5.21. The van der Waals surface area contributed by atoms with Gasteiger partial charge in [0.1, 0.15) is 11.5 Å². The van der Waals surface area contributed by atoms with Crippen molar-refractivity contribution in [2.24, 2.45) is 0 Å². The van der Waals surface area contributed by atoms with Crippen molar-refractivity contribution < 1.29 is 4.42 Å². The van der Waals surface area contributed by atoms with E-state index < -0.39 is 0 Å². The number of rotatable bonds is 3. The quantitative estimate of drug-likeness (QED) is 0.788. The highest BCUT2D eigenvalue weighted by molar-refractivity contribution is 5.05. The average molecular weight is 194 g/mol. The smallest absolute Gasteiger partial charge is 0.117 e. The van der Waals surface area contributed by atoms with Gasteiger partial charge in [-0.2, -0.15) is 0 Å². The van der Waals surface area contributed by atoms with Crippen LogP contribution >= 0.6 is 0 Å². The summed E-state index contributed by atoms with van der Waals surface area (Å²) in [4.78, 5) is 2.35. The molecule has 3 nitrogen and oxygen atoms in total. The van der Waals surface area contributed by atoms with Crippen molar-refractivity contribution in [3.05, 3.63) is 23.7 Å². The van der Waals surface area contributed by atoms with Crippen molar-refractivity contribution >= 4 is 0 Å². The molecule has 0 saturated carbocycles. The van der Waals surface area contributed by atoms with E-state index in [1.54, 1.807) is 0 Å². The highest BCUT2D eigenvalue weighted by Gasteiger charge is 2.18. The van der Waals surface area contributed by atoms with E-state index in [4.69, 9.17) is 4.42 Å². The molecule has 1 N–H and O–H groups in total. The first-order chi connectivity index (χ1) is 6.74. The van der Waals surface area contributed by atoms with E-state index in [2.05, 4.69) is 17.3 Å². The van der Waals surface area contributed by atoms with E-state index in [1.807, 2.05) is 19.1 Å². The van der Waals surface area contributed by atoms with Crippen LogP contribution in [0.25, 0.3) is 0 Å². The summed E-state index contributed by atoms with van der Waals surface area (Å²) in [5.41, 5.74) is 0. The minimum atomic E-state index is 0.630. The second-order valence-electron chi connectivity index (χ2n) is 4.14. The normalized spacial score (nSPS) is 23.1. The van der Waals surface area contributed by atoms with Gasteiger partial charge in [-0.3, -0.25) is 0 Å².